The van der Waals surface area contributed by atoms with Gasteiger partial charge in [-0.3, -0.25) is 9.69 Å². The molecule has 0 unspecified atom stereocenters. The van der Waals surface area contributed by atoms with Crippen molar-refractivity contribution < 1.29 is 18.4 Å². The number of nitrogens with one attached hydrogen (secondary N) is 2. The third kappa shape index (κ3) is 4.20. The number of hydrogen-bond donors (Lipinski definition) is 2. The zero-order valence-corrected chi connectivity index (χ0v) is 18.1. The van der Waals surface area contributed by atoms with Gasteiger partial charge in [-0.2, -0.15) is 0 Å². The van der Waals surface area contributed by atoms with Crippen LogP contribution in [-0.4, -0.2) is 42.8 Å². The molecule has 6 nitrogen and oxygen atoms in total. The molecule has 0 aliphatic carbocycles. The summed E-state index contributed by atoms with van der Waals surface area (Å²) < 4.78 is 27.9. The van der Waals surface area contributed by atoms with Crippen LogP contribution in [0.25, 0.3) is 5.57 Å². The number of amides is 1. The first-order valence-corrected chi connectivity index (χ1v) is 10.5. The van der Waals surface area contributed by atoms with Crippen molar-refractivity contribution in [1.29, 1.82) is 0 Å². The van der Waals surface area contributed by atoms with Crippen molar-refractivity contribution in [3.8, 4) is 0 Å². The first-order chi connectivity index (χ1) is 15.1. The van der Waals surface area contributed by atoms with Crippen LogP contribution in [0.4, 0.5) is 20.2 Å². The van der Waals surface area contributed by atoms with Crippen LogP contribution in [0.2, 0.25) is 0 Å². The number of rotatable bonds is 4. The van der Waals surface area contributed by atoms with E-state index in [0.717, 1.165) is 19.6 Å². The molecule has 3 aliphatic heterocycles. The molecule has 0 aromatic heterocycles. The Morgan fingerprint density at radius 1 is 0.938 bits per heavy atom. The third-order valence-electron chi connectivity index (χ3n) is 5.81. The summed E-state index contributed by atoms with van der Waals surface area (Å²) >= 11 is 0. The maximum absolute atomic E-state index is 14.0. The number of anilines is 2. The van der Waals surface area contributed by atoms with Gasteiger partial charge in [0.25, 0.3) is 5.91 Å². The molecule has 0 radical (unpaired) electrons. The summed E-state index contributed by atoms with van der Waals surface area (Å²) in [6.45, 7) is 3.23. The number of carbonyl (C=O) groups is 1. The maximum Gasteiger partial charge on any atom is 0.258 e. The zero-order valence-electron chi connectivity index (χ0n) is 17.3. The van der Waals surface area contributed by atoms with Crippen molar-refractivity contribution in [2.45, 2.75) is 19.3 Å². The molecule has 0 bridgehead atoms. The molecule has 0 saturated carbocycles. The fourth-order valence-electron chi connectivity index (χ4n) is 4.28. The van der Waals surface area contributed by atoms with Crippen molar-refractivity contribution >= 4 is 41.0 Å². The predicted molar refractivity (Wildman–Crippen MR) is 122 cm³/mol. The summed E-state index contributed by atoms with van der Waals surface area (Å²) in [5.41, 5.74) is 3.02. The van der Waals surface area contributed by atoms with E-state index in [-0.39, 0.29) is 23.9 Å². The van der Waals surface area contributed by atoms with Gasteiger partial charge in [-0.15, -0.1) is 12.4 Å². The number of nitrogens with zero attached hydrogens (tertiary/aromatic N) is 2. The summed E-state index contributed by atoms with van der Waals surface area (Å²) in [4.78, 5) is 20.6. The van der Waals surface area contributed by atoms with E-state index in [4.69, 9.17) is 4.84 Å². The predicted octanol–water partition coefficient (Wildman–Crippen LogP) is 4.38. The summed E-state index contributed by atoms with van der Waals surface area (Å²) in [6, 6.07) is 8.37. The Morgan fingerprint density at radius 2 is 1.59 bits per heavy atom. The molecular formula is C23H23ClF2N4O2. The lowest BCUT2D eigenvalue weighted by atomic mass is 10.0. The summed E-state index contributed by atoms with van der Waals surface area (Å²) in [7, 11) is 0. The standard InChI is InChI=1S/C23H22F2N4O2.ClH/c24-14-4-6-18-16(12-14)20(23(30)27-18)22-21(17-13-15(25)5-7-19(17)26-22)28-31-11-10-29-8-2-1-3-9-29;/h4-7,12-13,26H,1-3,8-11H2,(H,27,30);1H/b22-20-,28-21+;. The molecule has 3 heterocycles. The highest BCUT2D eigenvalue weighted by molar-refractivity contribution is 6.39. The molecule has 2 aromatic rings. The van der Waals surface area contributed by atoms with Gasteiger partial charge in [-0.1, -0.05) is 11.6 Å². The van der Waals surface area contributed by atoms with Gasteiger partial charge in [-0.05, 0) is 62.3 Å². The van der Waals surface area contributed by atoms with Crippen molar-refractivity contribution in [2.75, 3.05) is 36.9 Å². The first kappa shape index (κ1) is 22.2. The highest BCUT2D eigenvalue weighted by atomic mass is 35.5. The second-order valence-electron chi connectivity index (χ2n) is 7.88. The molecule has 9 heteroatoms. The Morgan fingerprint density at radius 3 is 2.31 bits per heavy atom. The van der Waals surface area contributed by atoms with Crippen LogP contribution in [-0.2, 0) is 9.63 Å². The topological polar surface area (TPSA) is 66.0 Å². The van der Waals surface area contributed by atoms with Crippen molar-refractivity contribution in [2.24, 2.45) is 5.16 Å². The molecule has 5 rings (SSSR count). The lowest BCUT2D eigenvalue weighted by Crippen LogP contribution is -2.32. The smallest absolute Gasteiger partial charge is 0.258 e. The molecule has 168 valence electrons. The average Bonchev–Trinajstić information content (AvgIpc) is 3.27. The van der Waals surface area contributed by atoms with E-state index in [1.807, 2.05) is 0 Å². The number of benzene rings is 2. The Hall–Kier alpha value is -2.97. The van der Waals surface area contributed by atoms with Crippen LogP contribution in [0.15, 0.2) is 47.3 Å². The van der Waals surface area contributed by atoms with Crippen molar-refractivity contribution in [1.82, 2.24) is 4.90 Å². The van der Waals surface area contributed by atoms with E-state index in [9.17, 15) is 13.6 Å². The van der Waals surface area contributed by atoms with Gasteiger partial charge >= 0.3 is 0 Å². The quantitative estimate of drug-likeness (QED) is 0.403. The Kier molecular flexibility index (Phi) is 6.43. The molecule has 1 amide bonds. The number of halogens is 3. The van der Waals surface area contributed by atoms with Crippen molar-refractivity contribution in [3.05, 3.63) is 64.9 Å². The largest absolute Gasteiger partial charge is 0.394 e. The maximum atomic E-state index is 14.0. The van der Waals surface area contributed by atoms with Gasteiger partial charge in [0.1, 0.15) is 24.0 Å². The number of allylic oxidation sites excluding steroid dienone is 1. The van der Waals surface area contributed by atoms with E-state index >= 15 is 0 Å². The number of hydrogen-bond acceptors (Lipinski definition) is 5. The van der Waals surface area contributed by atoms with E-state index in [2.05, 4.69) is 20.7 Å². The van der Waals surface area contributed by atoms with Gasteiger partial charge in [0.15, 0.2) is 0 Å². The minimum absolute atomic E-state index is 0. The van der Waals surface area contributed by atoms with Gasteiger partial charge in [0.05, 0.1) is 11.3 Å². The van der Waals surface area contributed by atoms with Crippen molar-refractivity contribution in [3.63, 3.8) is 0 Å². The minimum atomic E-state index is -0.453. The Labute approximate surface area is 190 Å². The summed E-state index contributed by atoms with van der Waals surface area (Å²) in [5.74, 6) is -1.25. The van der Waals surface area contributed by atoms with E-state index < -0.39 is 11.6 Å². The molecule has 0 spiro atoms. The average molecular weight is 461 g/mol. The third-order valence-corrected chi connectivity index (χ3v) is 5.81. The molecular weight excluding hydrogens is 438 g/mol. The highest BCUT2D eigenvalue weighted by Gasteiger charge is 2.34. The van der Waals surface area contributed by atoms with Crippen LogP contribution in [0.3, 0.4) is 0 Å². The first-order valence-electron chi connectivity index (χ1n) is 10.5. The zero-order chi connectivity index (χ0) is 21.4. The Bertz CT molecular complexity index is 1110. The van der Waals surface area contributed by atoms with Gasteiger partial charge < -0.3 is 15.5 Å². The number of fused-ring (bicyclic) bond motifs is 2. The fourth-order valence-corrected chi connectivity index (χ4v) is 4.28. The Balaban J connectivity index is 0.00000245. The van der Waals surface area contributed by atoms with Crippen LogP contribution < -0.4 is 10.6 Å². The normalized spacial score (nSPS) is 20.9. The lowest BCUT2D eigenvalue weighted by Gasteiger charge is -2.25. The van der Waals surface area contributed by atoms with Gasteiger partial charge in [0, 0.05) is 29.0 Å². The van der Waals surface area contributed by atoms with Gasteiger partial charge in [0.2, 0.25) is 0 Å². The van der Waals surface area contributed by atoms with E-state index in [0.29, 0.717) is 40.5 Å². The second kappa shape index (κ2) is 9.26. The molecule has 2 N–H and O–H groups in total. The second-order valence-corrected chi connectivity index (χ2v) is 7.88. The van der Waals surface area contributed by atoms with Crippen LogP contribution in [0.5, 0.6) is 0 Å². The monoisotopic (exact) mass is 460 g/mol. The minimum Gasteiger partial charge on any atom is -0.394 e. The highest BCUT2D eigenvalue weighted by Crippen LogP contribution is 2.39. The van der Waals surface area contributed by atoms with Gasteiger partial charge in [-0.25, -0.2) is 8.78 Å². The van der Waals surface area contributed by atoms with Crippen LogP contribution in [0, 0.1) is 11.6 Å². The molecule has 32 heavy (non-hydrogen) atoms. The fraction of sp³-hybridized carbons (Fsp3) is 0.304. The van der Waals surface area contributed by atoms with Crippen LogP contribution in [0.1, 0.15) is 30.4 Å². The molecule has 3 aliphatic rings. The molecule has 1 fully saturated rings. The summed E-state index contributed by atoms with van der Waals surface area (Å²) in [5, 5.41) is 10.2. The molecule has 1 saturated heterocycles. The SMILES string of the molecule is Cl.O=C1Nc2ccc(F)cc2/C1=C1/Nc2ccc(F)cc2/C1=N\OCCN1CCCCC1. The summed E-state index contributed by atoms with van der Waals surface area (Å²) in [6.07, 6.45) is 3.63. The molecule has 2 aromatic carbocycles. The number of piperidine rings is 1. The van der Waals surface area contributed by atoms with E-state index in [1.54, 1.807) is 6.07 Å². The molecule has 0 atom stereocenters. The van der Waals surface area contributed by atoms with Crippen LogP contribution >= 0.6 is 12.4 Å². The number of likely N-dealkylation sites (tertiary alicyclic amines) is 1. The number of carbonyl (C=O) groups excluding carboxylic acids is 1. The lowest BCUT2D eigenvalue weighted by molar-refractivity contribution is -0.110. The van der Waals surface area contributed by atoms with E-state index in [1.165, 1.54) is 49.6 Å². The number of oxime groups is 1.